The Labute approximate surface area is 153 Å². The fraction of sp³-hybridized carbons (Fsp3) is 0.211. The highest BCUT2D eigenvalue weighted by Gasteiger charge is 2.45. The van der Waals surface area contributed by atoms with Crippen LogP contribution in [0.1, 0.15) is 24.3 Å². The van der Waals surface area contributed by atoms with Gasteiger partial charge in [-0.2, -0.15) is 5.95 Å². The van der Waals surface area contributed by atoms with Crippen molar-refractivity contribution >= 4 is 5.90 Å². The molecule has 1 saturated carbocycles. The molecule has 0 atom stereocenters. The van der Waals surface area contributed by atoms with E-state index in [1.165, 1.54) is 0 Å². The lowest BCUT2D eigenvalue weighted by atomic mass is 9.76. The second kappa shape index (κ2) is 6.46. The van der Waals surface area contributed by atoms with Crippen molar-refractivity contribution < 1.29 is 23.7 Å². The van der Waals surface area contributed by atoms with E-state index in [1.807, 2.05) is 24.3 Å². The molecule has 0 unspecified atom stereocenters. The summed E-state index contributed by atoms with van der Waals surface area (Å²) in [5.74, 6) is -3.99. The first-order valence-corrected chi connectivity index (χ1v) is 8.25. The molecule has 27 heavy (non-hydrogen) atoms. The lowest BCUT2D eigenvalue weighted by Crippen LogP contribution is -2.33. The zero-order valence-corrected chi connectivity index (χ0v) is 13.9. The van der Waals surface area contributed by atoms with Gasteiger partial charge in [0.1, 0.15) is 11.4 Å². The SMILES string of the molecule is [O-]C([O-])=C1N=NN=C1Oc1ccc(-c2ccc(C3CC(F)(F)C3)cc2)cc1. The van der Waals surface area contributed by atoms with Gasteiger partial charge < -0.3 is 14.9 Å². The maximum Gasteiger partial charge on any atom is 0.266 e. The van der Waals surface area contributed by atoms with E-state index in [9.17, 15) is 19.0 Å². The van der Waals surface area contributed by atoms with Gasteiger partial charge in [-0.15, -0.1) is 5.11 Å². The molecule has 1 aliphatic heterocycles. The molecule has 0 radical (unpaired) electrons. The van der Waals surface area contributed by atoms with Crippen LogP contribution >= 0.6 is 0 Å². The quantitative estimate of drug-likeness (QED) is 0.779. The maximum absolute atomic E-state index is 13.0. The Kier molecular flexibility index (Phi) is 4.10. The smallest absolute Gasteiger partial charge is 0.266 e. The number of alkyl halides is 2. The molecule has 4 rings (SSSR count). The first-order chi connectivity index (χ1) is 12.9. The summed E-state index contributed by atoms with van der Waals surface area (Å²) in [5, 5.41) is 31.8. The minimum atomic E-state index is -2.53. The number of nitrogens with zero attached hydrogens (tertiary/aromatic N) is 3. The average molecular weight is 369 g/mol. The normalized spacial score (nSPS) is 18.1. The van der Waals surface area contributed by atoms with Crippen LogP contribution in [0.4, 0.5) is 8.78 Å². The summed E-state index contributed by atoms with van der Waals surface area (Å²) in [5.41, 5.74) is 2.29. The number of ether oxygens (including phenoxy) is 1. The Bertz CT molecular complexity index is 939. The number of rotatable bonds is 3. The third kappa shape index (κ3) is 3.51. The lowest BCUT2D eigenvalue weighted by Gasteiger charge is -2.35. The molecule has 1 fully saturated rings. The Hall–Kier alpha value is -3.29. The predicted molar refractivity (Wildman–Crippen MR) is 88.7 cm³/mol. The predicted octanol–water partition coefficient (Wildman–Crippen LogP) is 2.91. The Balaban J connectivity index is 1.44. The van der Waals surface area contributed by atoms with Crippen molar-refractivity contribution in [3.05, 3.63) is 65.7 Å². The highest BCUT2D eigenvalue weighted by molar-refractivity contribution is 5.95. The largest absolute Gasteiger partial charge is 0.882 e. The van der Waals surface area contributed by atoms with E-state index < -0.39 is 17.6 Å². The molecule has 0 bridgehead atoms. The van der Waals surface area contributed by atoms with Crippen molar-refractivity contribution in [3.8, 4) is 16.9 Å². The van der Waals surface area contributed by atoms with Crippen LogP contribution in [0.15, 0.2) is 75.6 Å². The van der Waals surface area contributed by atoms with E-state index in [-0.39, 0.29) is 24.7 Å². The molecule has 1 aliphatic carbocycles. The van der Waals surface area contributed by atoms with Crippen molar-refractivity contribution in [3.63, 3.8) is 0 Å². The summed E-state index contributed by atoms with van der Waals surface area (Å²) in [6, 6.07) is 14.4. The van der Waals surface area contributed by atoms with Crippen molar-refractivity contribution in [1.82, 2.24) is 0 Å². The van der Waals surface area contributed by atoms with Crippen LogP contribution < -0.4 is 14.9 Å². The third-order valence-corrected chi connectivity index (χ3v) is 4.55. The fourth-order valence-corrected chi connectivity index (χ4v) is 3.07. The van der Waals surface area contributed by atoms with Gasteiger partial charge in [-0.3, -0.25) is 0 Å². The van der Waals surface area contributed by atoms with E-state index in [4.69, 9.17) is 4.74 Å². The summed E-state index contributed by atoms with van der Waals surface area (Å²) in [6.45, 7) is 0. The molecule has 0 aromatic heterocycles. The van der Waals surface area contributed by atoms with Crippen LogP contribution in [-0.4, -0.2) is 11.8 Å². The summed E-state index contributed by atoms with van der Waals surface area (Å²) in [4.78, 5) is 0. The van der Waals surface area contributed by atoms with Gasteiger partial charge in [-0.25, -0.2) is 8.78 Å². The molecule has 2 aromatic carbocycles. The first kappa shape index (κ1) is 17.1. The van der Waals surface area contributed by atoms with E-state index in [0.717, 1.165) is 16.7 Å². The van der Waals surface area contributed by atoms with Crippen molar-refractivity contribution in [2.45, 2.75) is 24.7 Å². The fourth-order valence-electron chi connectivity index (χ4n) is 3.07. The number of hydrogen-bond acceptors (Lipinski definition) is 6. The summed E-state index contributed by atoms with van der Waals surface area (Å²) >= 11 is 0. The molecule has 0 amide bonds. The molecule has 0 saturated heterocycles. The number of benzene rings is 2. The zero-order valence-electron chi connectivity index (χ0n) is 13.9. The lowest BCUT2D eigenvalue weighted by molar-refractivity contribution is -0.514. The molecule has 2 aliphatic rings. The van der Waals surface area contributed by atoms with Crippen LogP contribution in [0.2, 0.25) is 0 Å². The summed E-state index contributed by atoms with van der Waals surface area (Å²) in [6.07, 6.45) is -0.183. The summed E-state index contributed by atoms with van der Waals surface area (Å²) in [7, 11) is 0. The molecule has 1 heterocycles. The topological polar surface area (TPSA) is 92.4 Å². The Morgan fingerprint density at radius 2 is 1.56 bits per heavy atom. The first-order valence-electron chi connectivity index (χ1n) is 8.25. The monoisotopic (exact) mass is 369 g/mol. The second-order valence-corrected chi connectivity index (χ2v) is 6.44. The van der Waals surface area contributed by atoms with Crippen LogP contribution in [0.3, 0.4) is 0 Å². The molecular formula is C19H13F2N3O3-2. The highest BCUT2D eigenvalue weighted by Crippen LogP contribution is 2.48. The summed E-state index contributed by atoms with van der Waals surface area (Å²) < 4.78 is 31.4. The Morgan fingerprint density at radius 1 is 0.963 bits per heavy atom. The van der Waals surface area contributed by atoms with Crippen molar-refractivity contribution in [2.24, 2.45) is 15.4 Å². The van der Waals surface area contributed by atoms with Crippen LogP contribution in [0, 0.1) is 0 Å². The van der Waals surface area contributed by atoms with Gasteiger partial charge in [0.15, 0.2) is 0 Å². The van der Waals surface area contributed by atoms with Crippen molar-refractivity contribution in [1.29, 1.82) is 0 Å². The van der Waals surface area contributed by atoms with E-state index in [1.54, 1.807) is 24.3 Å². The molecule has 0 spiro atoms. The molecule has 8 heteroatoms. The molecule has 138 valence electrons. The average Bonchev–Trinajstić information content (AvgIpc) is 3.09. The highest BCUT2D eigenvalue weighted by atomic mass is 19.3. The number of hydrogen-bond donors (Lipinski definition) is 0. The van der Waals surface area contributed by atoms with Gasteiger partial charge in [0.05, 0.1) is 0 Å². The molecule has 2 aromatic rings. The van der Waals surface area contributed by atoms with Gasteiger partial charge in [-0.1, -0.05) is 41.5 Å². The van der Waals surface area contributed by atoms with Gasteiger partial charge in [0.2, 0.25) is 5.92 Å². The van der Waals surface area contributed by atoms with Gasteiger partial charge >= 0.3 is 0 Å². The van der Waals surface area contributed by atoms with Crippen molar-refractivity contribution in [2.75, 3.05) is 0 Å². The van der Waals surface area contributed by atoms with E-state index in [2.05, 4.69) is 15.4 Å². The van der Waals surface area contributed by atoms with Gasteiger partial charge in [0, 0.05) is 12.8 Å². The zero-order chi connectivity index (χ0) is 19.0. The second-order valence-electron chi connectivity index (χ2n) is 6.44. The number of halogens is 2. The molecule has 6 nitrogen and oxygen atoms in total. The standard InChI is InChI=1S/C19H15F2N3O3/c20-19(21)9-14(10-19)13-3-1-11(2-4-13)12-5-7-15(8-6-12)27-17-16(18(25)26)22-24-23-17/h1-8,14,25-26H,9-10H2/p-2. The van der Waals surface area contributed by atoms with Gasteiger partial charge in [-0.05, 0) is 40.0 Å². The van der Waals surface area contributed by atoms with Crippen LogP contribution in [0.25, 0.3) is 11.1 Å². The van der Waals surface area contributed by atoms with E-state index in [0.29, 0.717) is 5.75 Å². The van der Waals surface area contributed by atoms with Crippen LogP contribution in [0.5, 0.6) is 5.75 Å². The third-order valence-electron chi connectivity index (χ3n) is 4.55. The van der Waals surface area contributed by atoms with E-state index >= 15 is 0 Å². The molecule has 0 N–H and O–H groups in total. The maximum atomic E-state index is 13.0. The minimum Gasteiger partial charge on any atom is -0.882 e. The van der Waals surface area contributed by atoms with Crippen LogP contribution in [-0.2, 0) is 0 Å². The minimum absolute atomic E-state index is 0.0815. The molecular weight excluding hydrogens is 356 g/mol. The van der Waals surface area contributed by atoms with Gasteiger partial charge in [0.25, 0.3) is 5.90 Å². The Morgan fingerprint density at radius 3 is 2.11 bits per heavy atom.